The molecule has 0 fully saturated rings. The van der Waals surface area contributed by atoms with Gasteiger partial charge in [0.15, 0.2) is 0 Å². The van der Waals surface area contributed by atoms with Gasteiger partial charge in [-0.1, -0.05) is 0 Å². The Morgan fingerprint density at radius 2 is 1.00 bits per heavy atom. The molecule has 0 atom stereocenters. The molecule has 0 aromatic rings. The quantitative estimate of drug-likeness (QED) is 0.446. The van der Waals surface area contributed by atoms with E-state index in [-0.39, 0.29) is 130 Å². The summed E-state index contributed by atoms with van der Waals surface area (Å²) in [5.41, 5.74) is 0. The molecule has 0 saturated carbocycles. The Hall–Kier alpha value is 4.32. The van der Waals surface area contributed by atoms with Gasteiger partial charge in [0.25, 0.3) is 0 Å². The van der Waals surface area contributed by atoms with Crippen molar-refractivity contribution in [2.75, 3.05) is 0 Å². The fourth-order valence-corrected chi connectivity index (χ4v) is 0. The molecule has 0 N–H and O–H groups in total. The maximum atomic E-state index is 0. The van der Waals surface area contributed by atoms with Crippen LogP contribution in [0.15, 0.2) is 0 Å². The van der Waals surface area contributed by atoms with Gasteiger partial charge in [0, 0.05) is 107 Å². The van der Waals surface area contributed by atoms with Crippen LogP contribution in [-0.4, -0.2) is 23.1 Å². The summed E-state index contributed by atoms with van der Waals surface area (Å²) < 4.78 is 0. The van der Waals surface area contributed by atoms with Crippen molar-refractivity contribution in [1.29, 1.82) is 0 Å². The van der Waals surface area contributed by atoms with Crippen LogP contribution in [0.3, 0.4) is 0 Å². The maximum absolute atomic E-state index is 0. The summed E-state index contributed by atoms with van der Waals surface area (Å²) in [5, 5.41) is 0. The van der Waals surface area contributed by atoms with Crippen LogP contribution in [0.4, 0.5) is 0 Å². The molecular weight excluding hydrogens is 417 g/mol. The molecule has 0 aliphatic carbocycles. The average molecular weight is 419 g/mol. The van der Waals surface area contributed by atoms with Crippen LogP contribution in [-0.2, 0) is 26.2 Å². The number of hydrogen-bond acceptors (Lipinski definition) is 0. The second-order valence-electron chi connectivity index (χ2n) is 0. The first-order valence-corrected chi connectivity index (χ1v) is 0. The maximum Gasteiger partial charge on any atom is 0.316 e. The van der Waals surface area contributed by atoms with Crippen molar-refractivity contribution >= 4 is 23.1 Å². The molecule has 0 amide bonds. The molecule has 0 radical (unpaired) electrons. The van der Waals surface area contributed by atoms with Gasteiger partial charge in [-0.25, -0.2) is 0 Å². The summed E-state index contributed by atoms with van der Waals surface area (Å²) in [7, 11) is 0. The molecule has 0 aliphatic rings. The van der Waals surface area contributed by atoms with Gasteiger partial charge in [0.1, 0.15) is 0 Å². The summed E-state index contributed by atoms with van der Waals surface area (Å²) in [6.45, 7) is 0. The Bertz CT molecular complexity index is 8.00. The minimum Gasteiger partial charge on any atom is 0 e. The van der Waals surface area contributed by atoms with Crippen LogP contribution in [0, 0.1) is 80.8 Å². The predicted octanol–water partition coefficient (Wildman–Crippen LogP) is -0.919. The molecule has 0 bridgehead atoms. The largest absolute Gasteiger partial charge is 0.316 e. The molecule has 0 aromatic heterocycles. The molecule has 0 saturated heterocycles. The normalized spacial score (nSPS) is 0. The molecule has 20 valence electrons. The molecule has 0 spiro atoms. The van der Waals surface area contributed by atoms with Crippen molar-refractivity contribution in [3.05, 3.63) is 0 Å². The standard InChI is InChI=1S/Gd.Mg.Nd.Zr.2H. The molecule has 4 heteroatoms. The van der Waals surface area contributed by atoms with Gasteiger partial charge in [-0.3, -0.25) is 0 Å². The summed E-state index contributed by atoms with van der Waals surface area (Å²) in [5.74, 6) is 0. The van der Waals surface area contributed by atoms with Crippen molar-refractivity contribution in [3.63, 3.8) is 0 Å². The second kappa shape index (κ2) is 15.7. The minimum atomic E-state index is 0. The Morgan fingerprint density at radius 3 is 1.00 bits per heavy atom. The Kier molecular flexibility index (Phi) is 93.5. The van der Waals surface area contributed by atoms with Crippen LogP contribution in [0.2, 0.25) is 0 Å². The Morgan fingerprint density at radius 1 is 1.00 bits per heavy atom. The van der Waals surface area contributed by atoms with Crippen LogP contribution in [0.25, 0.3) is 0 Å². The van der Waals surface area contributed by atoms with Gasteiger partial charge in [0.2, 0.25) is 0 Å². The first-order chi connectivity index (χ1) is 0. The van der Waals surface area contributed by atoms with E-state index in [1.54, 1.807) is 0 Å². The van der Waals surface area contributed by atoms with Crippen LogP contribution in [0.1, 0.15) is 0 Å². The third kappa shape index (κ3) is 9.59. The van der Waals surface area contributed by atoms with Crippen LogP contribution in [0.5, 0.6) is 0 Å². The molecule has 0 aliphatic heterocycles. The SMILES string of the molecule is [Gd].[MgH2].[Nd].[Zr]. The fourth-order valence-electron chi connectivity index (χ4n) is 0. The third-order valence-electron chi connectivity index (χ3n) is 0. The predicted molar refractivity (Wildman–Crippen MR) is 8.54 cm³/mol. The third-order valence-corrected chi connectivity index (χ3v) is 0. The van der Waals surface area contributed by atoms with Crippen molar-refractivity contribution < 1.29 is 107 Å². The topological polar surface area (TPSA) is 0 Å². The fraction of sp³-hybridized carbons (Fsp3) is 0. The molecule has 0 nitrogen and oxygen atoms in total. The van der Waals surface area contributed by atoms with E-state index in [2.05, 4.69) is 0 Å². The zero-order chi connectivity index (χ0) is 0. The van der Waals surface area contributed by atoms with E-state index in [0.29, 0.717) is 0 Å². The van der Waals surface area contributed by atoms with Crippen molar-refractivity contribution in [2.45, 2.75) is 0 Å². The van der Waals surface area contributed by atoms with Crippen molar-refractivity contribution in [2.24, 2.45) is 0 Å². The van der Waals surface area contributed by atoms with Gasteiger partial charge in [-0.15, -0.1) is 0 Å². The van der Waals surface area contributed by atoms with Crippen LogP contribution >= 0.6 is 0 Å². The summed E-state index contributed by atoms with van der Waals surface area (Å²) in [4.78, 5) is 0. The van der Waals surface area contributed by atoms with Crippen molar-refractivity contribution in [1.82, 2.24) is 0 Å². The van der Waals surface area contributed by atoms with E-state index in [9.17, 15) is 0 Å². The Balaban J connectivity index is 0. The van der Waals surface area contributed by atoms with Gasteiger partial charge in [-0.2, -0.15) is 0 Å². The second-order valence-corrected chi connectivity index (χ2v) is 0. The summed E-state index contributed by atoms with van der Waals surface area (Å²) in [6.07, 6.45) is 0. The molecule has 0 heterocycles. The van der Waals surface area contributed by atoms with E-state index in [1.165, 1.54) is 0 Å². The van der Waals surface area contributed by atoms with Crippen molar-refractivity contribution in [3.8, 4) is 0 Å². The zero-order valence-corrected chi connectivity index (χ0v) is 9.29. The van der Waals surface area contributed by atoms with E-state index in [0.717, 1.165) is 0 Å². The molecule has 0 aromatic carbocycles. The number of hydrogen-bond donors (Lipinski definition) is 0. The smallest absolute Gasteiger partial charge is 0 e. The van der Waals surface area contributed by atoms with Gasteiger partial charge < -0.3 is 0 Å². The Labute approximate surface area is 126 Å². The van der Waals surface area contributed by atoms with E-state index < -0.39 is 0 Å². The van der Waals surface area contributed by atoms with E-state index in [1.807, 2.05) is 0 Å². The minimum absolute atomic E-state index is 0. The number of rotatable bonds is 0. The molecule has 0 unspecified atom stereocenters. The summed E-state index contributed by atoms with van der Waals surface area (Å²) >= 11 is 0. The van der Waals surface area contributed by atoms with E-state index >= 15 is 0 Å². The molecular formula is H2GdMgNdZr. The van der Waals surface area contributed by atoms with Gasteiger partial charge in [0.05, 0.1) is 0 Å². The first-order valence-electron chi connectivity index (χ1n) is 0. The van der Waals surface area contributed by atoms with E-state index in [4.69, 9.17) is 0 Å². The zero-order valence-electron chi connectivity index (χ0n) is 1.35. The van der Waals surface area contributed by atoms with Gasteiger partial charge in [-0.05, 0) is 0 Å². The summed E-state index contributed by atoms with van der Waals surface area (Å²) in [6, 6.07) is 0. The average Bonchev–Trinajstić information content (AvgIpc) is 0. The van der Waals surface area contributed by atoms with Crippen LogP contribution < -0.4 is 0 Å². The first kappa shape index (κ1) is 23.9. The van der Waals surface area contributed by atoms with Gasteiger partial charge >= 0.3 is 23.1 Å². The molecule has 4 heavy (non-hydrogen) atoms. The monoisotopic (exact) mass is 416 g/mol. The molecule has 0 rings (SSSR count).